The topological polar surface area (TPSA) is 122 Å². The molecule has 0 saturated carbocycles. The van der Waals surface area contributed by atoms with E-state index in [1.165, 1.54) is 23.1 Å². The first-order valence-electron chi connectivity index (χ1n) is 12.0. The van der Waals surface area contributed by atoms with E-state index in [4.69, 9.17) is 9.47 Å². The van der Waals surface area contributed by atoms with Gasteiger partial charge in [-0.3, -0.25) is 24.6 Å². The lowest BCUT2D eigenvalue weighted by molar-refractivity contribution is -0.384. The average molecular weight is 494 g/mol. The van der Waals surface area contributed by atoms with Gasteiger partial charge in [0.2, 0.25) is 0 Å². The second-order valence-electron chi connectivity index (χ2n) is 9.25. The first kappa shape index (κ1) is 24.0. The molecule has 3 aliphatic heterocycles. The number of likely N-dealkylation sites (tertiary alicyclic amines) is 1. The summed E-state index contributed by atoms with van der Waals surface area (Å²) in [6.45, 7) is 5.28. The Balaban J connectivity index is 1.56. The van der Waals surface area contributed by atoms with E-state index in [1.54, 1.807) is 24.3 Å². The molecule has 2 fully saturated rings. The Labute approximate surface area is 207 Å². The van der Waals surface area contributed by atoms with Crippen LogP contribution in [-0.2, 0) is 20.7 Å². The van der Waals surface area contributed by atoms with E-state index in [9.17, 15) is 24.8 Å². The number of aliphatic hydroxyl groups is 1. The van der Waals surface area contributed by atoms with E-state index in [1.807, 2.05) is 6.92 Å². The van der Waals surface area contributed by atoms with Crippen LogP contribution in [-0.4, -0.2) is 77.0 Å². The SMILES string of the molecule is CC1Cc2cc(C(O)=C3C(=O)C(=O)N(CCN4CCOCC4)C3c3cccc([N+](=O)[O-])c3)ccc2O1. The molecule has 0 radical (unpaired) electrons. The van der Waals surface area contributed by atoms with Crippen LogP contribution < -0.4 is 4.74 Å². The number of non-ortho nitro benzene ring substituents is 1. The fraction of sp³-hybridized carbons (Fsp3) is 0.385. The summed E-state index contributed by atoms with van der Waals surface area (Å²) in [5, 5.41) is 22.8. The summed E-state index contributed by atoms with van der Waals surface area (Å²) in [5.74, 6) is -1.13. The number of morpholine rings is 1. The number of Topliss-reactive ketones (excluding diaryl/α,β-unsaturated/α-hetero) is 1. The van der Waals surface area contributed by atoms with Crippen molar-refractivity contribution in [2.75, 3.05) is 39.4 Å². The molecule has 2 aromatic carbocycles. The van der Waals surface area contributed by atoms with Crippen molar-refractivity contribution in [3.8, 4) is 5.75 Å². The fourth-order valence-corrected chi connectivity index (χ4v) is 5.06. The lowest BCUT2D eigenvalue weighted by Gasteiger charge is -2.31. The summed E-state index contributed by atoms with van der Waals surface area (Å²) in [4.78, 5) is 40.9. The first-order chi connectivity index (χ1) is 17.3. The lowest BCUT2D eigenvalue weighted by atomic mass is 9.94. The van der Waals surface area contributed by atoms with E-state index in [-0.39, 0.29) is 29.7 Å². The van der Waals surface area contributed by atoms with Crippen molar-refractivity contribution >= 4 is 23.1 Å². The number of rotatable bonds is 6. The van der Waals surface area contributed by atoms with Crippen LogP contribution >= 0.6 is 0 Å². The number of ether oxygens (including phenoxy) is 2. The Morgan fingerprint density at radius 2 is 1.92 bits per heavy atom. The number of hydrogen-bond donors (Lipinski definition) is 1. The quantitative estimate of drug-likeness (QED) is 0.214. The van der Waals surface area contributed by atoms with Gasteiger partial charge in [-0.25, -0.2) is 0 Å². The minimum Gasteiger partial charge on any atom is -0.507 e. The Morgan fingerprint density at radius 1 is 1.14 bits per heavy atom. The summed E-state index contributed by atoms with van der Waals surface area (Å²) in [5.41, 5.74) is 1.46. The van der Waals surface area contributed by atoms with Gasteiger partial charge in [-0.05, 0) is 36.2 Å². The second kappa shape index (κ2) is 9.71. The van der Waals surface area contributed by atoms with Gasteiger partial charge in [0.25, 0.3) is 17.4 Å². The van der Waals surface area contributed by atoms with Gasteiger partial charge in [0.1, 0.15) is 17.6 Å². The molecule has 10 heteroatoms. The van der Waals surface area contributed by atoms with Crippen LogP contribution in [0.1, 0.15) is 29.7 Å². The molecule has 10 nitrogen and oxygen atoms in total. The summed E-state index contributed by atoms with van der Waals surface area (Å²) >= 11 is 0. The minimum absolute atomic E-state index is 0.00744. The van der Waals surface area contributed by atoms with E-state index in [0.717, 1.165) is 11.3 Å². The van der Waals surface area contributed by atoms with Crippen LogP contribution in [0.2, 0.25) is 0 Å². The van der Waals surface area contributed by atoms with Crippen molar-refractivity contribution < 1.29 is 29.1 Å². The maximum atomic E-state index is 13.3. The van der Waals surface area contributed by atoms with Crippen molar-refractivity contribution in [3.63, 3.8) is 0 Å². The van der Waals surface area contributed by atoms with Gasteiger partial charge < -0.3 is 19.5 Å². The average Bonchev–Trinajstić information content (AvgIpc) is 3.38. The maximum Gasteiger partial charge on any atom is 0.295 e. The van der Waals surface area contributed by atoms with Gasteiger partial charge in [-0.2, -0.15) is 0 Å². The van der Waals surface area contributed by atoms with Crippen LogP contribution in [0.15, 0.2) is 48.0 Å². The molecular weight excluding hydrogens is 466 g/mol. The standard InChI is InChI=1S/C26H27N3O7/c1-16-13-19-14-18(5-6-21(19)36-16)24(30)22-23(17-3-2-4-20(15-17)29(33)34)28(26(32)25(22)31)8-7-27-9-11-35-12-10-27/h2-6,14-16,23,30H,7-13H2,1H3. The Morgan fingerprint density at radius 3 is 2.67 bits per heavy atom. The summed E-state index contributed by atoms with van der Waals surface area (Å²) < 4.78 is 11.1. The van der Waals surface area contributed by atoms with Crippen LogP contribution in [0.4, 0.5) is 5.69 Å². The molecule has 2 atom stereocenters. The molecule has 36 heavy (non-hydrogen) atoms. The van der Waals surface area contributed by atoms with Crippen LogP contribution in [0.25, 0.3) is 5.76 Å². The monoisotopic (exact) mass is 493 g/mol. The zero-order valence-electron chi connectivity index (χ0n) is 19.9. The molecular formula is C26H27N3O7. The molecule has 5 rings (SSSR count). The Kier molecular flexibility index (Phi) is 6.46. The molecule has 1 amide bonds. The number of nitrogens with zero attached hydrogens (tertiary/aromatic N) is 3. The second-order valence-corrected chi connectivity index (χ2v) is 9.25. The number of fused-ring (bicyclic) bond motifs is 1. The highest BCUT2D eigenvalue weighted by Crippen LogP contribution is 2.41. The summed E-state index contributed by atoms with van der Waals surface area (Å²) in [7, 11) is 0. The number of amides is 1. The largest absolute Gasteiger partial charge is 0.507 e. The molecule has 2 saturated heterocycles. The number of aliphatic hydroxyl groups excluding tert-OH is 1. The van der Waals surface area contributed by atoms with E-state index >= 15 is 0 Å². The fourth-order valence-electron chi connectivity index (χ4n) is 5.06. The third-order valence-corrected chi connectivity index (χ3v) is 6.87. The van der Waals surface area contributed by atoms with Crippen LogP contribution in [0.3, 0.4) is 0 Å². The van der Waals surface area contributed by atoms with Crippen molar-refractivity contribution in [2.45, 2.75) is 25.5 Å². The molecule has 3 heterocycles. The number of benzene rings is 2. The molecule has 2 aromatic rings. The van der Waals surface area contributed by atoms with Gasteiger partial charge >= 0.3 is 0 Å². The maximum absolute atomic E-state index is 13.3. The zero-order valence-corrected chi connectivity index (χ0v) is 19.9. The van der Waals surface area contributed by atoms with Crippen LogP contribution in [0, 0.1) is 10.1 Å². The number of ketones is 1. The molecule has 188 valence electrons. The third-order valence-electron chi connectivity index (χ3n) is 6.87. The predicted octanol–water partition coefficient (Wildman–Crippen LogP) is 2.67. The number of hydrogen-bond acceptors (Lipinski definition) is 8. The number of carbonyl (C=O) groups excluding carboxylic acids is 2. The molecule has 0 spiro atoms. The highest BCUT2D eigenvalue weighted by molar-refractivity contribution is 6.46. The van der Waals surface area contributed by atoms with Crippen molar-refractivity contribution in [3.05, 3.63) is 74.8 Å². The van der Waals surface area contributed by atoms with Gasteiger partial charge in [0.15, 0.2) is 0 Å². The predicted molar refractivity (Wildman–Crippen MR) is 130 cm³/mol. The van der Waals surface area contributed by atoms with Crippen molar-refractivity contribution in [1.29, 1.82) is 0 Å². The Bertz CT molecular complexity index is 1250. The van der Waals surface area contributed by atoms with Crippen LogP contribution in [0.5, 0.6) is 5.75 Å². The van der Waals surface area contributed by atoms with Gasteiger partial charge in [-0.15, -0.1) is 0 Å². The van der Waals surface area contributed by atoms with Crippen molar-refractivity contribution in [2.24, 2.45) is 0 Å². The lowest BCUT2D eigenvalue weighted by Crippen LogP contribution is -2.42. The van der Waals surface area contributed by atoms with Gasteiger partial charge in [0.05, 0.1) is 29.8 Å². The third kappa shape index (κ3) is 4.45. The van der Waals surface area contributed by atoms with Gasteiger partial charge in [-0.1, -0.05) is 12.1 Å². The number of nitro groups is 1. The summed E-state index contributed by atoms with van der Waals surface area (Å²) in [6.07, 6.45) is 0.673. The number of nitro benzene ring substituents is 1. The molecule has 0 bridgehead atoms. The molecule has 2 unspecified atom stereocenters. The first-order valence-corrected chi connectivity index (χ1v) is 12.0. The minimum atomic E-state index is -0.950. The highest BCUT2D eigenvalue weighted by Gasteiger charge is 2.46. The van der Waals surface area contributed by atoms with E-state index in [0.29, 0.717) is 50.4 Å². The van der Waals surface area contributed by atoms with Crippen molar-refractivity contribution in [1.82, 2.24) is 9.80 Å². The molecule has 3 aliphatic rings. The summed E-state index contributed by atoms with van der Waals surface area (Å²) in [6, 6.07) is 10.1. The van der Waals surface area contributed by atoms with E-state index in [2.05, 4.69) is 4.90 Å². The number of carbonyl (C=O) groups is 2. The van der Waals surface area contributed by atoms with Gasteiger partial charge in [0, 0.05) is 50.3 Å². The zero-order chi connectivity index (χ0) is 25.4. The Hall–Kier alpha value is -3.76. The molecule has 0 aromatic heterocycles. The van der Waals surface area contributed by atoms with E-state index < -0.39 is 22.7 Å². The smallest absolute Gasteiger partial charge is 0.295 e. The molecule has 0 aliphatic carbocycles. The molecule has 1 N–H and O–H groups in total. The normalized spacial score (nSPS) is 23.5. The highest BCUT2D eigenvalue weighted by atomic mass is 16.6.